The highest BCUT2D eigenvalue weighted by molar-refractivity contribution is 5.43. The van der Waals surface area contributed by atoms with Crippen molar-refractivity contribution in [3.63, 3.8) is 0 Å². The average Bonchev–Trinajstić information content (AvgIpc) is 2.41. The van der Waals surface area contributed by atoms with Crippen molar-refractivity contribution in [2.75, 3.05) is 20.3 Å². The molecule has 1 rings (SSSR count). The molecule has 0 aromatic heterocycles. The van der Waals surface area contributed by atoms with Crippen molar-refractivity contribution in [2.24, 2.45) is 0 Å². The van der Waals surface area contributed by atoms with Crippen LogP contribution >= 0.6 is 0 Å². The summed E-state index contributed by atoms with van der Waals surface area (Å²) < 4.78 is 11.3. The molecule has 0 saturated carbocycles. The second-order valence-electron chi connectivity index (χ2n) is 4.21. The van der Waals surface area contributed by atoms with Crippen LogP contribution in [0.15, 0.2) is 18.2 Å². The van der Waals surface area contributed by atoms with E-state index in [1.54, 1.807) is 0 Å². The van der Waals surface area contributed by atoms with Crippen LogP contribution in [0.25, 0.3) is 0 Å². The first-order valence-electron chi connectivity index (χ1n) is 6.72. The molecule has 104 valence electrons. The van der Waals surface area contributed by atoms with Crippen LogP contribution < -0.4 is 14.8 Å². The zero-order valence-electron chi connectivity index (χ0n) is 11.7. The van der Waals surface area contributed by atoms with E-state index in [1.807, 2.05) is 32.2 Å². The fraction of sp³-hybridized carbons (Fsp3) is 0.533. The number of benzene rings is 1. The third-order valence-electron chi connectivity index (χ3n) is 2.63. The lowest BCUT2D eigenvalue weighted by Gasteiger charge is -2.13. The summed E-state index contributed by atoms with van der Waals surface area (Å²) in [5.41, 5.74) is 1.17. The van der Waals surface area contributed by atoms with E-state index in [2.05, 4.69) is 11.4 Å². The van der Waals surface area contributed by atoms with E-state index in [-0.39, 0.29) is 0 Å². The van der Waals surface area contributed by atoms with Crippen molar-refractivity contribution >= 4 is 0 Å². The van der Waals surface area contributed by atoms with Crippen LogP contribution in [0, 0.1) is 11.3 Å². The molecule has 1 N–H and O–H groups in total. The Bertz CT molecular complexity index is 413. The lowest BCUT2D eigenvalue weighted by Crippen LogP contribution is -2.06. The van der Waals surface area contributed by atoms with Gasteiger partial charge in [-0.25, -0.2) is 0 Å². The van der Waals surface area contributed by atoms with E-state index < -0.39 is 0 Å². The highest BCUT2D eigenvalue weighted by atomic mass is 16.5. The summed E-state index contributed by atoms with van der Waals surface area (Å²) in [5, 5.41) is 11.6. The van der Waals surface area contributed by atoms with E-state index in [1.165, 1.54) is 5.56 Å². The Morgan fingerprint density at radius 3 is 2.74 bits per heavy atom. The van der Waals surface area contributed by atoms with Crippen molar-refractivity contribution in [3.8, 4) is 17.6 Å². The summed E-state index contributed by atoms with van der Waals surface area (Å²) in [6, 6.07) is 8.11. The molecule has 0 radical (unpaired) electrons. The van der Waals surface area contributed by atoms with Gasteiger partial charge in [-0.15, -0.1) is 0 Å². The fourth-order valence-corrected chi connectivity index (χ4v) is 1.74. The predicted octanol–water partition coefficient (Wildman–Crippen LogP) is 2.88. The van der Waals surface area contributed by atoms with E-state index in [9.17, 15) is 0 Å². The van der Waals surface area contributed by atoms with Gasteiger partial charge in [-0.1, -0.05) is 6.07 Å². The molecule has 0 saturated heterocycles. The Morgan fingerprint density at radius 2 is 2.05 bits per heavy atom. The van der Waals surface area contributed by atoms with E-state index in [4.69, 9.17) is 14.7 Å². The van der Waals surface area contributed by atoms with Gasteiger partial charge in [-0.2, -0.15) is 5.26 Å². The summed E-state index contributed by atoms with van der Waals surface area (Å²) in [4.78, 5) is 0. The predicted molar refractivity (Wildman–Crippen MR) is 75.3 cm³/mol. The van der Waals surface area contributed by atoms with Crippen LogP contribution in [-0.4, -0.2) is 20.3 Å². The largest absolute Gasteiger partial charge is 0.490 e. The first-order valence-corrected chi connectivity index (χ1v) is 6.72. The highest BCUT2D eigenvalue weighted by Gasteiger charge is 2.06. The maximum Gasteiger partial charge on any atom is 0.161 e. The van der Waals surface area contributed by atoms with Crippen LogP contribution in [0.2, 0.25) is 0 Å². The summed E-state index contributed by atoms with van der Waals surface area (Å²) >= 11 is 0. The van der Waals surface area contributed by atoms with E-state index in [0.29, 0.717) is 19.6 Å². The SMILES string of the molecule is CCOc1cc(CNC)ccc1OCCCCC#N. The quantitative estimate of drug-likeness (QED) is 0.695. The van der Waals surface area contributed by atoms with Gasteiger partial charge in [0.15, 0.2) is 11.5 Å². The molecule has 4 heteroatoms. The number of rotatable bonds is 9. The van der Waals surface area contributed by atoms with E-state index >= 15 is 0 Å². The van der Waals surface area contributed by atoms with Gasteiger partial charge in [0.2, 0.25) is 0 Å². The lowest BCUT2D eigenvalue weighted by molar-refractivity contribution is 0.271. The lowest BCUT2D eigenvalue weighted by atomic mass is 10.2. The molecular weight excluding hydrogens is 240 g/mol. The maximum atomic E-state index is 8.46. The van der Waals surface area contributed by atoms with Crippen molar-refractivity contribution in [1.29, 1.82) is 5.26 Å². The maximum absolute atomic E-state index is 8.46. The molecular formula is C15H22N2O2. The van der Waals surface area contributed by atoms with Gasteiger partial charge in [-0.3, -0.25) is 0 Å². The summed E-state index contributed by atoms with van der Waals surface area (Å²) in [5.74, 6) is 1.56. The van der Waals surface area contributed by atoms with Gasteiger partial charge >= 0.3 is 0 Å². The minimum absolute atomic E-state index is 0.586. The third-order valence-corrected chi connectivity index (χ3v) is 2.63. The molecule has 0 aliphatic rings. The smallest absolute Gasteiger partial charge is 0.161 e. The molecule has 0 bridgehead atoms. The molecule has 0 atom stereocenters. The van der Waals surface area contributed by atoms with Gasteiger partial charge < -0.3 is 14.8 Å². The van der Waals surface area contributed by atoms with Gasteiger partial charge in [0.1, 0.15) is 0 Å². The number of nitrogens with zero attached hydrogens (tertiary/aromatic N) is 1. The summed E-state index contributed by atoms with van der Waals surface area (Å²) in [7, 11) is 1.92. The van der Waals surface area contributed by atoms with Gasteiger partial charge in [0.05, 0.1) is 19.3 Å². The standard InChI is InChI=1S/C15H22N2O2/c1-3-18-15-11-13(12-17-2)7-8-14(15)19-10-6-4-5-9-16/h7-8,11,17H,3-6,10,12H2,1-2H3. The number of hydrogen-bond donors (Lipinski definition) is 1. The Balaban J connectivity index is 2.57. The van der Waals surface area contributed by atoms with Gasteiger partial charge in [0.25, 0.3) is 0 Å². The molecule has 1 aromatic carbocycles. The van der Waals surface area contributed by atoms with Crippen LogP contribution in [0.1, 0.15) is 31.7 Å². The first-order chi connectivity index (χ1) is 9.31. The Morgan fingerprint density at radius 1 is 1.21 bits per heavy atom. The molecule has 0 fully saturated rings. The van der Waals surface area contributed by atoms with Crippen LogP contribution in [0.4, 0.5) is 0 Å². The number of hydrogen-bond acceptors (Lipinski definition) is 4. The summed E-state index contributed by atoms with van der Waals surface area (Å²) in [6.07, 6.45) is 2.35. The van der Waals surface area contributed by atoms with Crippen molar-refractivity contribution < 1.29 is 9.47 Å². The number of nitrogens with one attached hydrogen (secondary N) is 1. The zero-order chi connectivity index (χ0) is 13.9. The molecule has 19 heavy (non-hydrogen) atoms. The first kappa shape index (κ1) is 15.3. The molecule has 0 aliphatic heterocycles. The monoisotopic (exact) mass is 262 g/mol. The van der Waals surface area contributed by atoms with E-state index in [0.717, 1.165) is 30.9 Å². The van der Waals surface area contributed by atoms with Gasteiger partial charge in [-0.05, 0) is 44.5 Å². The van der Waals surface area contributed by atoms with Crippen molar-refractivity contribution in [3.05, 3.63) is 23.8 Å². The van der Waals surface area contributed by atoms with Crippen molar-refractivity contribution in [2.45, 2.75) is 32.7 Å². The average molecular weight is 262 g/mol. The Hall–Kier alpha value is -1.73. The topological polar surface area (TPSA) is 54.3 Å². The molecule has 0 aliphatic carbocycles. The fourth-order valence-electron chi connectivity index (χ4n) is 1.74. The normalized spacial score (nSPS) is 9.95. The zero-order valence-corrected chi connectivity index (χ0v) is 11.7. The van der Waals surface area contributed by atoms with Crippen LogP contribution in [0.3, 0.4) is 0 Å². The molecule has 0 unspecified atom stereocenters. The Labute approximate surface area is 115 Å². The minimum Gasteiger partial charge on any atom is -0.490 e. The molecule has 0 heterocycles. The van der Waals surface area contributed by atoms with Crippen molar-refractivity contribution in [1.82, 2.24) is 5.32 Å². The molecule has 0 spiro atoms. The summed E-state index contributed by atoms with van der Waals surface area (Å²) in [6.45, 7) is 4.00. The second kappa shape index (κ2) is 9.23. The molecule has 4 nitrogen and oxygen atoms in total. The van der Waals surface area contributed by atoms with Crippen LogP contribution in [0.5, 0.6) is 11.5 Å². The second-order valence-corrected chi connectivity index (χ2v) is 4.21. The number of ether oxygens (including phenoxy) is 2. The molecule has 1 aromatic rings. The Kier molecular flexibility index (Phi) is 7.45. The molecule has 0 amide bonds. The van der Waals surface area contributed by atoms with Gasteiger partial charge in [0, 0.05) is 13.0 Å². The minimum atomic E-state index is 0.586. The third kappa shape index (κ3) is 5.62. The van der Waals surface area contributed by atoms with Crippen LogP contribution in [-0.2, 0) is 6.54 Å². The number of nitriles is 1. The number of unbranched alkanes of at least 4 members (excludes halogenated alkanes) is 2. The highest BCUT2D eigenvalue weighted by Crippen LogP contribution is 2.28.